The largest absolute Gasteiger partial charge is 0.392 e. The molecule has 0 radical (unpaired) electrons. The maximum atomic E-state index is 12.4. The number of rotatable bonds is 4. The van der Waals surface area contributed by atoms with Gasteiger partial charge in [-0.05, 0) is 41.8 Å². The Kier molecular flexibility index (Phi) is 4.33. The molecule has 0 aliphatic heterocycles. The molecule has 0 fully saturated rings. The molecule has 5 nitrogen and oxygen atoms in total. The minimum atomic E-state index is -3.80. The van der Waals surface area contributed by atoms with Gasteiger partial charge in [-0.2, -0.15) is 0 Å². The van der Waals surface area contributed by atoms with Crippen LogP contribution in [0.4, 0.5) is 0 Å². The van der Waals surface area contributed by atoms with Crippen molar-refractivity contribution in [2.45, 2.75) is 29.1 Å². The van der Waals surface area contributed by atoms with E-state index in [0.717, 1.165) is 22.5 Å². The summed E-state index contributed by atoms with van der Waals surface area (Å²) in [5.41, 5.74) is 1.86. The summed E-state index contributed by atoms with van der Waals surface area (Å²) in [6, 6.07) is 8.15. The molecule has 0 unspecified atom stereocenters. The lowest BCUT2D eigenvalue weighted by atomic mass is 9.93. The first kappa shape index (κ1) is 16.6. The van der Waals surface area contributed by atoms with E-state index >= 15 is 0 Å². The molecule has 2 aromatic rings. The van der Waals surface area contributed by atoms with Gasteiger partial charge in [0.1, 0.15) is 4.21 Å². The summed E-state index contributed by atoms with van der Waals surface area (Å²) in [5, 5.41) is 15.9. The number of aliphatic hydroxyl groups is 1. The SMILES string of the molecule is NS(=O)(=O)c1ccc(C(=O)C[C@H]2c3ccc(Cl)cc3C[C@H]2O)s1. The highest BCUT2D eigenvalue weighted by molar-refractivity contribution is 7.91. The van der Waals surface area contributed by atoms with E-state index in [4.69, 9.17) is 16.7 Å². The van der Waals surface area contributed by atoms with E-state index in [2.05, 4.69) is 0 Å². The van der Waals surface area contributed by atoms with Crippen molar-refractivity contribution >= 4 is 38.7 Å². The number of carbonyl (C=O) groups excluding carboxylic acids is 1. The Balaban J connectivity index is 1.82. The molecular weight excluding hydrogens is 358 g/mol. The number of halogens is 1. The van der Waals surface area contributed by atoms with E-state index in [0.29, 0.717) is 16.3 Å². The average molecular weight is 372 g/mol. The lowest BCUT2D eigenvalue weighted by Gasteiger charge is -2.14. The van der Waals surface area contributed by atoms with Crippen molar-refractivity contribution in [3.63, 3.8) is 0 Å². The molecule has 3 N–H and O–H groups in total. The predicted molar refractivity (Wildman–Crippen MR) is 88.5 cm³/mol. The van der Waals surface area contributed by atoms with Crippen molar-refractivity contribution in [2.75, 3.05) is 0 Å². The second-order valence-electron chi connectivity index (χ2n) is 5.51. The maximum Gasteiger partial charge on any atom is 0.247 e. The van der Waals surface area contributed by atoms with Gasteiger partial charge in [-0.25, -0.2) is 13.6 Å². The number of primary sulfonamides is 1. The number of hydrogen-bond acceptors (Lipinski definition) is 5. The fourth-order valence-electron chi connectivity index (χ4n) is 2.86. The van der Waals surface area contributed by atoms with Gasteiger partial charge in [0.25, 0.3) is 0 Å². The number of hydrogen-bond donors (Lipinski definition) is 2. The number of Topliss-reactive ketones (excluding diaryl/α,β-unsaturated/α-hetero) is 1. The monoisotopic (exact) mass is 371 g/mol. The van der Waals surface area contributed by atoms with E-state index in [9.17, 15) is 18.3 Å². The summed E-state index contributed by atoms with van der Waals surface area (Å²) in [7, 11) is -3.80. The summed E-state index contributed by atoms with van der Waals surface area (Å²) in [5.74, 6) is -0.522. The van der Waals surface area contributed by atoms with E-state index in [1.807, 2.05) is 6.07 Å². The smallest absolute Gasteiger partial charge is 0.247 e. The van der Waals surface area contributed by atoms with Crippen LogP contribution in [0, 0.1) is 0 Å². The Morgan fingerprint density at radius 1 is 1.35 bits per heavy atom. The summed E-state index contributed by atoms with van der Waals surface area (Å²) in [6.07, 6.45) is -0.0775. The van der Waals surface area contributed by atoms with Crippen molar-refractivity contribution < 1.29 is 18.3 Å². The van der Waals surface area contributed by atoms with Crippen LogP contribution in [0.2, 0.25) is 5.02 Å². The highest BCUT2D eigenvalue weighted by Crippen LogP contribution is 2.38. The molecule has 0 spiro atoms. The van der Waals surface area contributed by atoms with Gasteiger partial charge in [-0.3, -0.25) is 4.79 Å². The highest BCUT2D eigenvalue weighted by atomic mass is 35.5. The van der Waals surface area contributed by atoms with Crippen LogP contribution in [-0.2, 0) is 16.4 Å². The lowest BCUT2D eigenvalue weighted by molar-refractivity contribution is 0.0925. The molecule has 1 heterocycles. The Bertz CT molecular complexity index is 875. The number of thiophene rings is 1. The molecule has 2 atom stereocenters. The third-order valence-corrected chi connectivity index (χ3v) is 6.74. The highest BCUT2D eigenvalue weighted by Gasteiger charge is 2.33. The molecule has 0 amide bonds. The number of benzene rings is 1. The van der Waals surface area contributed by atoms with Crippen molar-refractivity contribution in [3.05, 3.63) is 51.4 Å². The Hall–Kier alpha value is -1.25. The standard InChI is InChI=1S/C15H14ClNO4S2/c16-9-1-2-10-8(5-9)6-12(18)11(10)7-13(19)14-3-4-15(22-14)23(17,20)21/h1-5,11-12,18H,6-7H2,(H2,17,20,21)/t11-,12+/m0/s1. The van der Waals surface area contributed by atoms with E-state index in [1.165, 1.54) is 12.1 Å². The Labute approximate surface area is 142 Å². The van der Waals surface area contributed by atoms with Crippen LogP contribution in [-0.4, -0.2) is 25.4 Å². The summed E-state index contributed by atoms with van der Waals surface area (Å²) in [6.45, 7) is 0. The second-order valence-corrected chi connectivity index (χ2v) is 8.82. The minimum Gasteiger partial charge on any atom is -0.392 e. The maximum absolute atomic E-state index is 12.4. The normalized spacial score (nSPS) is 20.5. The number of sulfonamides is 1. The lowest BCUT2D eigenvalue weighted by Crippen LogP contribution is -2.16. The zero-order valence-electron chi connectivity index (χ0n) is 11.9. The molecule has 0 bridgehead atoms. The van der Waals surface area contributed by atoms with Crippen molar-refractivity contribution in [2.24, 2.45) is 5.14 Å². The van der Waals surface area contributed by atoms with Crippen LogP contribution < -0.4 is 5.14 Å². The zero-order chi connectivity index (χ0) is 16.8. The molecule has 0 saturated carbocycles. The fourth-order valence-corrected chi connectivity index (χ4v) is 4.73. The van der Waals surface area contributed by atoms with Gasteiger partial charge in [0.15, 0.2) is 5.78 Å². The third kappa shape index (κ3) is 3.34. The van der Waals surface area contributed by atoms with Crippen molar-refractivity contribution in [3.8, 4) is 0 Å². The van der Waals surface area contributed by atoms with Crippen LogP contribution in [0.25, 0.3) is 0 Å². The number of carbonyl (C=O) groups is 1. The number of aliphatic hydroxyl groups excluding tert-OH is 1. The Morgan fingerprint density at radius 2 is 2.09 bits per heavy atom. The quantitative estimate of drug-likeness (QED) is 0.806. The third-order valence-electron chi connectivity index (χ3n) is 3.94. The summed E-state index contributed by atoms with van der Waals surface area (Å²) >= 11 is 6.80. The van der Waals surface area contributed by atoms with Gasteiger partial charge >= 0.3 is 0 Å². The minimum absolute atomic E-state index is 0.0417. The molecule has 8 heteroatoms. The first-order chi connectivity index (χ1) is 10.8. The number of nitrogens with two attached hydrogens (primary N) is 1. The van der Waals surface area contributed by atoms with Gasteiger partial charge in [0, 0.05) is 17.4 Å². The van der Waals surface area contributed by atoms with Gasteiger partial charge in [-0.15, -0.1) is 11.3 Å². The van der Waals surface area contributed by atoms with E-state index in [1.54, 1.807) is 12.1 Å². The van der Waals surface area contributed by atoms with Gasteiger partial charge < -0.3 is 5.11 Å². The molecule has 122 valence electrons. The zero-order valence-corrected chi connectivity index (χ0v) is 14.3. The topological polar surface area (TPSA) is 97.5 Å². The molecule has 23 heavy (non-hydrogen) atoms. The van der Waals surface area contributed by atoms with Gasteiger partial charge in [0.2, 0.25) is 10.0 Å². The summed E-state index contributed by atoms with van der Waals surface area (Å²) < 4.78 is 22.5. The number of ketones is 1. The van der Waals surface area contributed by atoms with E-state index < -0.39 is 16.1 Å². The van der Waals surface area contributed by atoms with Crippen molar-refractivity contribution in [1.29, 1.82) is 0 Å². The molecule has 1 aliphatic carbocycles. The molecule has 1 aromatic carbocycles. The average Bonchev–Trinajstić information content (AvgIpc) is 3.04. The second kappa shape index (κ2) is 5.99. The van der Waals surface area contributed by atoms with E-state index in [-0.39, 0.29) is 22.3 Å². The molecule has 0 saturated heterocycles. The summed E-state index contributed by atoms with van der Waals surface area (Å²) in [4.78, 5) is 12.7. The molecule has 3 rings (SSSR count). The van der Waals surface area contributed by atoms with Crippen LogP contribution in [0.5, 0.6) is 0 Å². The molecule has 1 aliphatic rings. The van der Waals surface area contributed by atoms with Gasteiger partial charge in [0.05, 0.1) is 11.0 Å². The van der Waals surface area contributed by atoms with Crippen LogP contribution in [0.1, 0.15) is 33.1 Å². The fraction of sp³-hybridized carbons (Fsp3) is 0.267. The first-order valence-corrected chi connectivity index (χ1v) is 9.62. The Morgan fingerprint density at radius 3 is 2.74 bits per heavy atom. The van der Waals surface area contributed by atoms with Crippen molar-refractivity contribution in [1.82, 2.24) is 0 Å². The van der Waals surface area contributed by atoms with Gasteiger partial charge in [-0.1, -0.05) is 17.7 Å². The van der Waals surface area contributed by atoms with Crippen LogP contribution >= 0.6 is 22.9 Å². The van der Waals surface area contributed by atoms with Crippen LogP contribution in [0.3, 0.4) is 0 Å². The molecular formula is C15H14ClNO4S2. The van der Waals surface area contributed by atoms with Crippen LogP contribution in [0.15, 0.2) is 34.5 Å². The number of fused-ring (bicyclic) bond motifs is 1. The first-order valence-electron chi connectivity index (χ1n) is 6.88. The predicted octanol–water partition coefficient (Wildman–Crippen LogP) is 2.32. The molecule has 1 aromatic heterocycles.